The number of benzene rings is 7. The van der Waals surface area contributed by atoms with Gasteiger partial charge in [-0.15, -0.1) is 0 Å². The van der Waals surface area contributed by atoms with E-state index in [4.69, 9.17) is 0 Å². The molecule has 0 atom stereocenters. The minimum atomic E-state index is 1.12. The Morgan fingerprint density at radius 3 is 1.17 bits per heavy atom. The van der Waals surface area contributed by atoms with Crippen molar-refractivity contribution in [2.45, 2.75) is 0 Å². The van der Waals surface area contributed by atoms with E-state index in [1.165, 1.54) is 21.9 Å². The molecule has 0 aliphatic rings. The lowest BCUT2D eigenvalue weighted by molar-refractivity contribution is 1.28. The van der Waals surface area contributed by atoms with E-state index in [2.05, 4.69) is 192 Å². The van der Waals surface area contributed by atoms with Crippen LogP contribution in [0.5, 0.6) is 0 Å². The van der Waals surface area contributed by atoms with Gasteiger partial charge in [-0.1, -0.05) is 115 Å². The summed E-state index contributed by atoms with van der Waals surface area (Å²) >= 11 is 0. The van der Waals surface area contributed by atoms with E-state index in [-0.39, 0.29) is 0 Å². The van der Waals surface area contributed by atoms with E-state index in [9.17, 15) is 0 Å². The smallest absolute Gasteiger partial charge is 0.0546 e. The van der Waals surface area contributed by atoms with Crippen molar-refractivity contribution in [3.63, 3.8) is 0 Å². The molecule has 0 aliphatic carbocycles. The molecule has 7 aromatic rings. The molecule has 0 spiro atoms. The van der Waals surface area contributed by atoms with Gasteiger partial charge in [0.2, 0.25) is 0 Å². The summed E-state index contributed by atoms with van der Waals surface area (Å²) in [5.74, 6) is 0. The van der Waals surface area contributed by atoms with Gasteiger partial charge in [-0.05, 0) is 83.2 Å². The summed E-state index contributed by atoms with van der Waals surface area (Å²) < 4.78 is 0. The Hall–Kier alpha value is -5.60. The first kappa shape index (κ1) is 25.4. The standard InChI is InChI=1S/C40H30N2/c1-5-17-33(18-6-1)41(34-19-7-2-8-20-34)37-29-27-31(28-30-37)38-25-13-15-32-16-14-26-39(40(32)38)42(35-21-9-3-10-22-35)36-23-11-4-12-24-36/h1-30H. The Balaban J connectivity index is 1.37. The van der Waals surface area contributed by atoms with E-state index < -0.39 is 0 Å². The molecule has 0 N–H and O–H groups in total. The summed E-state index contributed by atoms with van der Waals surface area (Å²) in [5.41, 5.74) is 9.17. The van der Waals surface area contributed by atoms with Crippen LogP contribution >= 0.6 is 0 Å². The maximum atomic E-state index is 2.35. The van der Waals surface area contributed by atoms with Crippen molar-refractivity contribution in [2.75, 3.05) is 9.80 Å². The van der Waals surface area contributed by atoms with Crippen LogP contribution < -0.4 is 9.80 Å². The lowest BCUT2D eigenvalue weighted by Crippen LogP contribution is -2.10. The summed E-state index contributed by atoms with van der Waals surface area (Å²) in [7, 11) is 0. The lowest BCUT2D eigenvalue weighted by Gasteiger charge is -2.28. The third kappa shape index (κ3) is 4.91. The molecule has 0 aromatic heterocycles. The van der Waals surface area contributed by atoms with Gasteiger partial charge in [0.15, 0.2) is 0 Å². The Morgan fingerprint density at radius 2 is 0.690 bits per heavy atom. The molecule has 0 saturated carbocycles. The maximum Gasteiger partial charge on any atom is 0.0546 e. The van der Waals surface area contributed by atoms with Crippen LogP contribution in [-0.4, -0.2) is 0 Å². The van der Waals surface area contributed by atoms with E-state index in [1.54, 1.807) is 0 Å². The normalized spacial score (nSPS) is 10.9. The molecule has 0 unspecified atom stereocenters. The van der Waals surface area contributed by atoms with Crippen molar-refractivity contribution in [1.82, 2.24) is 0 Å². The summed E-state index contributed by atoms with van der Waals surface area (Å²) in [6.45, 7) is 0. The van der Waals surface area contributed by atoms with Crippen molar-refractivity contribution in [1.29, 1.82) is 0 Å². The first-order valence-corrected chi connectivity index (χ1v) is 14.3. The van der Waals surface area contributed by atoms with Crippen LogP contribution in [0.15, 0.2) is 182 Å². The predicted molar refractivity (Wildman–Crippen MR) is 179 cm³/mol. The highest BCUT2D eigenvalue weighted by atomic mass is 15.1. The molecule has 0 aliphatic heterocycles. The second kappa shape index (κ2) is 11.5. The van der Waals surface area contributed by atoms with Crippen molar-refractivity contribution in [3.8, 4) is 11.1 Å². The number of fused-ring (bicyclic) bond motifs is 1. The fraction of sp³-hybridized carbons (Fsp3) is 0. The van der Waals surface area contributed by atoms with Crippen molar-refractivity contribution >= 4 is 44.9 Å². The van der Waals surface area contributed by atoms with Gasteiger partial charge in [-0.3, -0.25) is 0 Å². The molecule has 0 radical (unpaired) electrons. The van der Waals surface area contributed by atoms with Crippen molar-refractivity contribution in [3.05, 3.63) is 182 Å². The van der Waals surface area contributed by atoms with Crippen LogP contribution in [-0.2, 0) is 0 Å². The molecular formula is C40H30N2. The fourth-order valence-corrected chi connectivity index (χ4v) is 5.72. The van der Waals surface area contributed by atoms with Gasteiger partial charge in [0.1, 0.15) is 0 Å². The second-order valence-electron chi connectivity index (χ2n) is 10.2. The maximum absolute atomic E-state index is 2.35. The number of nitrogens with zero attached hydrogens (tertiary/aromatic N) is 2. The molecule has 7 rings (SSSR count). The molecule has 2 heteroatoms. The lowest BCUT2D eigenvalue weighted by atomic mass is 9.95. The van der Waals surface area contributed by atoms with Crippen LogP contribution in [0.3, 0.4) is 0 Å². The van der Waals surface area contributed by atoms with E-state index in [0.29, 0.717) is 0 Å². The first-order chi connectivity index (χ1) is 20.9. The van der Waals surface area contributed by atoms with Gasteiger partial charge in [0.25, 0.3) is 0 Å². The SMILES string of the molecule is c1ccc(N(c2ccccc2)c2ccc(-c3cccc4cccc(N(c5ccccc5)c5ccccc5)c34)cc2)cc1. The number of hydrogen-bond donors (Lipinski definition) is 0. The van der Waals surface area contributed by atoms with Gasteiger partial charge in [-0.2, -0.15) is 0 Å². The Labute approximate surface area is 247 Å². The van der Waals surface area contributed by atoms with Crippen LogP contribution in [0.4, 0.5) is 34.1 Å². The molecule has 0 fully saturated rings. The minimum absolute atomic E-state index is 1.12. The predicted octanol–water partition coefficient (Wildman–Crippen LogP) is 11.4. The molecule has 0 saturated heterocycles. The van der Waals surface area contributed by atoms with E-state index >= 15 is 0 Å². The molecule has 0 amide bonds. The van der Waals surface area contributed by atoms with Crippen LogP contribution in [0.1, 0.15) is 0 Å². The average Bonchev–Trinajstić information content (AvgIpc) is 3.07. The van der Waals surface area contributed by atoms with Gasteiger partial charge in [0.05, 0.1) is 5.69 Å². The highest BCUT2D eigenvalue weighted by Crippen LogP contribution is 2.43. The van der Waals surface area contributed by atoms with E-state index in [0.717, 1.165) is 34.1 Å². The molecular weight excluding hydrogens is 508 g/mol. The fourth-order valence-electron chi connectivity index (χ4n) is 5.72. The highest BCUT2D eigenvalue weighted by molar-refractivity contribution is 6.07. The molecule has 0 heterocycles. The summed E-state index contributed by atoms with van der Waals surface area (Å²) in [4.78, 5) is 4.65. The Bertz CT molecular complexity index is 1820. The number of rotatable bonds is 7. The molecule has 0 bridgehead atoms. The van der Waals surface area contributed by atoms with Crippen LogP contribution in [0, 0.1) is 0 Å². The van der Waals surface area contributed by atoms with Gasteiger partial charge in [-0.25, -0.2) is 0 Å². The van der Waals surface area contributed by atoms with Gasteiger partial charge in [0, 0.05) is 33.8 Å². The third-order valence-electron chi connectivity index (χ3n) is 7.62. The molecule has 2 nitrogen and oxygen atoms in total. The number of hydrogen-bond acceptors (Lipinski definition) is 2. The monoisotopic (exact) mass is 538 g/mol. The van der Waals surface area contributed by atoms with Crippen LogP contribution in [0.25, 0.3) is 21.9 Å². The minimum Gasteiger partial charge on any atom is -0.311 e. The van der Waals surface area contributed by atoms with Gasteiger partial charge >= 0.3 is 0 Å². The number of anilines is 6. The number of para-hydroxylation sites is 4. The summed E-state index contributed by atoms with van der Waals surface area (Å²) in [6.07, 6.45) is 0. The summed E-state index contributed by atoms with van der Waals surface area (Å²) in [5, 5.41) is 2.43. The van der Waals surface area contributed by atoms with Crippen molar-refractivity contribution < 1.29 is 0 Å². The Kier molecular flexibility index (Phi) is 6.94. The quantitative estimate of drug-likeness (QED) is 0.199. The topological polar surface area (TPSA) is 6.48 Å². The van der Waals surface area contributed by atoms with Crippen LogP contribution in [0.2, 0.25) is 0 Å². The molecule has 200 valence electrons. The van der Waals surface area contributed by atoms with E-state index in [1.807, 2.05) is 0 Å². The average molecular weight is 539 g/mol. The molecule has 7 aromatic carbocycles. The van der Waals surface area contributed by atoms with Crippen molar-refractivity contribution in [2.24, 2.45) is 0 Å². The highest BCUT2D eigenvalue weighted by Gasteiger charge is 2.18. The molecule has 42 heavy (non-hydrogen) atoms. The third-order valence-corrected chi connectivity index (χ3v) is 7.62. The zero-order chi connectivity index (χ0) is 28.1. The second-order valence-corrected chi connectivity index (χ2v) is 10.2. The first-order valence-electron chi connectivity index (χ1n) is 14.3. The zero-order valence-electron chi connectivity index (χ0n) is 23.2. The van der Waals surface area contributed by atoms with Gasteiger partial charge < -0.3 is 9.80 Å². The zero-order valence-corrected chi connectivity index (χ0v) is 23.2. The Morgan fingerprint density at radius 1 is 0.286 bits per heavy atom. The summed E-state index contributed by atoms with van der Waals surface area (Å²) in [6, 6.07) is 64.4. The largest absolute Gasteiger partial charge is 0.311 e.